The summed E-state index contributed by atoms with van der Waals surface area (Å²) in [4.78, 5) is 25.9. The van der Waals surface area contributed by atoms with E-state index in [4.69, 9.17) is 9.47 Å². The third-order valence-corrected chi connectivity index (χ3v) is 4.95. The minimum Gasteiger partial charge on any atom is -0.497 e. The molecule has 2 aromatic carbocycles. The highest BCUT2D eigenvalue weighted by Crippen LogP contribution is 2.25. The zero-order chi connectivity index (χ0) is 19.2. The Morgan fingerprint density at radius 3 is 2.48 bits per heavy atom. The summed E-state index contributed by atoms with van der Waals surface area (Å²) in [7, 11) is 1.55. The molecule has 0 spiro atoms. The van der Waals surface area contributed by atoms with E-state index in [1.165, 1.54) is 11.3 Å². The summed E-state index contributed by atoms with van der Waals surface area (Å²) in [6.45, 7) is 1.83. The molecule has 1 atom stereocenters. The van der Waals surface area contributed by atoms with Gasteiger partial charge in [0.2, 0.25) is 6.10 Å². The van der Waals surface area contributed by atoms with Gasteiger partial charge in [0.1, 0.15) is 10.6 Å². The Kier molecular flexibility index (Phi) is 5.88. The van der Waals surface area contributed by atoms with Crippen LogP contribution in [0.15, 0.2) is 66.0 Å². The van der Waals surface area contributed by atoms with E-state index in [2.05, 4.69) is 5.32 Å². The standard InChI is InChI=1S/C21H19NO4S/c1-14-11-12-27-19(14)21(24)26-18(15-7-4-3-5-8-15)20(23)22-16-9-6-10-17(13-16)25-2/h3-13,18H,1-2H3,(H,22,23)/t18-/m1/s1. The molecule has 6 heteroatoms. The maximum absolute atomic E-state index is 12.9. The van der Waals surface area contributed by atoms with E-state index in [1.807, 2.05) is 24.4 Å². The van der Waals surface area contributed by atoms with Crippen LogP contribution in [0.2, 0.25) is 0 Å². The number of rotatable bonds is 6. The molecular weight excluding hydrogens is 362 g/mol. The Morgan fingerprint density at radius 2 is 1.81 bits per heavy atom. The molecular formula is C21H19NO4S. The van der Waals surface area contributed by atoms with Gasteiger partial charge >= 0.3 is 5.97 Å². The molecule has 0 unspecified atom stereocenters. The number of thiophene rings is 1. The second kappa shape index (κ2) is 8.51. The van der Waals surface area contributed by atoms with Crippen molar-refractivity contribution in [1.29, 1.82) is 0 Å². The van der Waals surface area contributed by atoms with Crippen LogP contribution in [0.4, 0.5) is 5.69 Å². The molecule has 0 saturated carbocycles. The lowest BCUT2D eigenvalue weighted by molar-refractivity contribution is -0.125. The average molecular weight is 381 g/mol. The highest BCUT2D eigenvalue weighted by Gasteiger charge is 2.27. The van der Waals surface area contributed by atoms with Crippen LogP contribution in [0.1, 0.15) is 26.9 Å². The highest BCUT2D eigenvalue weighted by atomic mass is 32.1. The second-order valence-corrected chi connectivity index (χ2v) is 6.77. The summed E-state index contributed by atoms with van der Waals surface area (Å²) in [5.41, 5.74) is 1.98. The van der Waals surface area contributed by atoms with Crippen molar-refractivity contribution in [3.05, 3.63) is 82.0 Å². The fourth-order valence-corrected chi connectivity index (χ4v) is 3.36. The van der Waals surface area contributed by atoms with Crippen molar-refractivity contribution in [3.8, 4) is 5.75 Å². The van der Waals surface area contributed by atoms with Crippen molar-refractivity contribution in [1.82, 2.24) is 0 Å². The SMILES string of the molecule is COc1cccc(NC(=O)[C@H](OC(=O)c2sccc2C)c2ccccc2)c1. The third kappa shape index (κ3) is 4.54. The van der Waals surface area contributed by atoms with Gasteiger partial charge in [-0.3, -0.25) is 4.79 Å². The molecule has 5 nitrogen and oxygen atoms in total. The molecule has 138 valence electrons. The van der Waals surface area contributed by atoms with E-state index in [9.17, 15) is 9.59 Å². The number of carbonyl (C=O) groups excluding carboxylic acids is 2. The maximum Gasteiger partial charge on any atom is 0.349 e. The van der Waals surface area contributed by atoms with Crippen molar-refractivity contribution in [2.75, 3.05) is 12.4 Å². The quantitative estimate of drug-likeness (QED) is 0.634. The maximum atomic E-state index is 12.9. The molecule has 0 radical (unpaired) electrons. The molecule has 0 saturated heterocycles. The van der Waals surface area contributed by atoms with Gasteiger partial charge in [0, 0.05) is 17.3 Å². The fraction of sp³-hybridized carbons (Fsp3) is 0.143. The van der Waals surface area contributed by atoms with Gasteiger partial charge < -0.3 is 14.8 Å². The number of esters is 1. The van der Waals surface area contributed by atoms with E-state index in [1.54, 1.807) is 55.6 Å². The Bertz CT molecular complexity index is 936. The lowest BCUT2D eigenvalue weighted by atomic mass is 10.1. The van der Waals surface area contributed by atoms with Crippen LogP contribution >= 0.6 is 11.3 Å². The first-order valence-corrected chi connectivity index (χ1v) is 9.21. The number of nitrogens with one attached hydrogen (secondary N) is 1. The van der Waals surface area contributed by atoms with Crippen LogP contribution in [0.25, 0.3) is 0 Å². The molecule has 3 aromatic rings. The third-order valence-electron chi connectivity index (χ3n) is 3.95. The van der Waals surface area contributed by atoms with Gasteiger partial charge in [-0.2, -0.15) is 0 Å². The highest BCUT2D eigenvalue weighted by molar-refractivity contribution is 7.12. The number of anilines is 1. The summed E-state index contributed by atoms with van der Waals surface area (Å²) in [6.07, 6.45) is -1.06. The Morgan fingerprint density at radius 1 is 1.04 bits per heavy atom. The molecule has 0 fully saturated rings. The number of methoxy groups -OCH3 is 1. The lowest BCUT2D eigenvalue weighted by Crippen LogP contribution is -2.25. The summed E-state index contributed by atoms with van der Waals surface area (Å²) in [6, 6.07) is 17.8. The second-order valence-electron chi connectivity index (χ2n) is 5.85. The first kappa shape index (κ1) is 18.7. The van der Waals surface area contributed by atoms with Crippen LogP contribution in [-0.4, -0.2) is 19.0 Å². The normalized spacial score (nSPS) is 11.5. The minimum absolute atomic E-state index is 0.433. The number of amides is 1. The smallest absolute Gasteiger partial charge is 0.349 e. The summed E-state index contributed by atoms with van der Waals surface area (Å²) >= 11 is 1.29. The molecule has 0 aliphatic carbocycles. The van der Waals surface area contributed by atoms with Gasteiger partial charge in [-0.1, -0.05) is 36.4 Å². The predicted molar refractivity (Wildman–Crippen MR) is 105 cm³/mol. The molecule has 27 heavy (non-hydrogen) atoms. The van der Waals surface area contributed by atoms with Crippen molar-refractivity contribution in [2.24, 2.45) is 0 Å². The minimum atomic E-state index is -1.06. The lowest BCUT2D eigenvalue weighted by Gasteiger charge is -2.18. The van der Waals surface area contributed by atoms with Gasteiger partial charge in [-0.15, -0.1) is 11.3 Å². The van der Waals surface area contributed by atoms with E-state index in [-0.39, 0.29) is 0 Å². The van der Waals surface area contributed by atoms with Crippen molar-refractivity contribution >= 4 is 28.9 Å². The zero-order valence-corrected chi connectivity index (χ0v) is 15.8. The van der Waals surface area contributed by atoms with Gasteiger partial charge in [-0.05, 0) is 36.1 Å². The summed E-state index contributed by atoms with van der Waals surface area (Å²) in [5.74, 6) is -0.329. The van der Waals surface area contributed by atoms with Gasteiger partial charge in [0.05, 0.1) is 7.11 Å². The number of carbonyl (C=O) groups is 2. The van der Waals surface area contributed by atoms with Crippen molar-refractivity contribution in [2.45, 2.75) is 13.0 Å². The van der Waals surface area contributed by atoms with Crippen molar-refractivity contribution in [3.63, 3.8) is 0 Å². The predicted octanol–water partition coefficient (Wildman–Crippen LogP) is 4.60. The number of benzene rings is 2. The monoisotopic (exact) mass is 381 g/mol. The summed E-state index contributed by atoms with van der Waals surface area (Å²) in [5, 5.41) is 4.61. The van der Waals surface area contributed by atoms with E-state index >= 15 is 0 Å². The molecule has 0 bridgehead atoms. The van der Waals surface area contributed by atoms with Crippen LogP contribution in [-0.2, 0) is 9.53 Å². The molecule has 1 aromatic heterocycles. The van der Waals surface area contributed by atoms with Crippen molar-refractivity contribution < 1.29 is 19.1 Å². The van der Waals surface area contributed by atoms with Crippen LogP contribution in [0, 0.1) is 6.92 Å². The van der Waals surface area contributed by atoms with Gasteiger partial charge in [0.25, 0.3) is 5.91 Å². The number of hydrogen-bond acceptors (Lipinski definition) is 5. The number of ether oxygens (including phenoxy) is 2. The topological polar surface area (TPSA) is 64.6 Å². The van der Waals surface area contributed by atoms with E-state index < -0.39 is 18.0 Å². The fourth-order valence-electron chi connectivity index (χ4n) is 2.55. The number of hydrogen-bond donors (Lipinski definition) is 1. The largest absolute Gasteiger partial charge is 0.497 e. The molecule has 0 aliphatic heterocycles. The number of aryl methyl sites for hydroxylation is 1. The molecule has 1 heterocycles. The Balaban J connectivity index is 1.84. The first-order chi connectivity index (χ1) is 13.1. The van der Waals surface area contributed by atoms with E-state index in [0.717, 1.165) is 5.56 Å². The molecule has 3 rings (SSSR count). The molecule has 0 aliphatic rings. The van der Waals surface area contributed by atoms with E-state index in [0.29, 0.717) is 21.9 Å². The molecule has 1 N–H and O–H groups in total. The van der Waals surface area contributed by atoms with Crippen LogP contribution in [0.3, 0.4) is 0 Å². The van der Waals surface area contributed by atoms with Crippen LogP contribution in [0.5, 0.6) is 5.75 Å². The summed E-state index contributed by atoms with van der Waals surface area (Å²) < 4.78 is 10.8. The first-order valence-electron chi connectivity index (χ1n) is 8.33. The van der Waals surface area contributed by atoms with Gasteiger partial charge in [0.15, 0.2) is 0 Å². The zero-order valence-electron chi connectivity index (χ0n) is 15.0. The molecule has 1 amide bonds. The average Bonchev–Trinajstić information content (AvgIpc) is 3.12. The Labute approximate surface area is 161 Å². The van der Waals surface area contributed by atoms with Crippen LogP contribution < -0.4 is 10.1 Å². The Hall–Kier alpha value is -3.12. The van der Waals surface area contributed by atoms with Gasteiger partial charge in [-0.25, -0.2) is 4.79 Å².